The first-order valence-corrected chi connectivity index (χ1v) is 31.0. The number of esters is 2. The Bertz CT molecular complexity index is 1100. The van der Waals surface area contributed by atoms with Gasteiger partial charge < -0.3 is 14.6 Å². The molecule has 1 N–H and O–H groups in total. The van der Waals surface area contributed by atoms with Crippen molar-refractivity contribution in [1.82, 2.24) is 0 Å². The SMILES string of the molecule is CCCCCCC/C=C\C/C=C\C/C=C\CCCCCCCCCCCCCCCCC(=O)OC(CO)COC(=O)CCCCCCCCCCCCCCCCCCCCCCCCCCCC. The average molecular weight is 970 g/mol. The Morgan fingerprint density at radius 2 is 0.580 bits per heavy atom. The van der Waals surface area contributed by atoms with Gasteiger partial charge in [-0.15, -0.1) is 0 Å². The van der Waals surface area contributed by atoms with Crippen molar-refractivity contribution in [3.8, 4) is 0 Å². The van der Waals surface area contributed by atoms with Crippen LogP contribution in [0.2, 0.25) is 0 Å². The van der Waals surface area contributed by atoms with Gasteiger partial charge in [0, 0.05) is 12.8 Å². The highest BCUT2D eigenvalue weighted by Gasteiger charge is 2.16. The van der Waals surface area contributed by atoms with E-state index in [1.807, 2.05) is 0 Å². The van der Waals surface area contributed by atoms with Crippen molar-refractivity contribution in [2.75, 3.05) is 13.2 Å². The lowest BCUT2D eigenvalue weighted by atomic mass is 10.0. The first-order valence-electron chi connectivity index (χ1n) is 31.0. The second-order valence-electron chi connectivity index (χ2n) is 21.1. The van der Waals surface area contributed by atoms with Crippen molar-refractivity contribution in [2.45, 2.75) is 347 Å². The molecule has 0 bridgehead atoms. The van der Waals surface area contributed by atoms with Gasteiger partial charge in [0.25, 0.3) is 0 Å². The topological polar surface area (TPSA) is 72.8 Å². The molecule has 0 aromatic rings. The van der Waals surface area contributed by atoms with Gasteiger partial charge in [0.2, 0.25) is 0 Å². The Balaban J connectivity index is 3.43. The van der Waals surface area contributed by atoms with Crippen LogP contribution in [0.1, 0.15) is 341 Å². The Labute approximate surface area is 431 Å². The van der Waals surface area contributed by atoms with Gasteiger partial charge in [0.05, 0.1) is 6.61 Å². The minimum absolute atomic E-state index is 0.0606. The number of rotatable bonds is 58. The summed E-state index contributed by atoms with van der Waals surface area (Å²) in [6.45, 7) is 4.18. The molecule has 5 heteroatoms. The van der Waals surface area contributed by atoms with Crippen LogP contribution in [0.15, 0.2) is 36.5 Å². The number of carbonyl (C=O) groups is 2. The zero-order valence-corrected chi connectivity index (χ0v) is 46.6. The van der Waals surface area contributed by atoms with Gasteiger partial charge in [0.15, 0.2) is 6.10 Å². The zero-order chi connectivity index (χ0) is 49.9. The van der Waals surface area contributed by atoms with E-state index in [-0.39, 0.29) is 25.2 Å². The monoisotopic (exact) mass is 969 g/mol. The highest BCUT2D eigenvalue weighted by molar-refractivity contribution is 5.70. The summed E-state index contributed by atoms with van der Waals surface area (Å²) in [6, 6.07) is 0. The van der Waals surface area contributed by atoms with E-state index in [0.717, 1.165) is 44.9 Å². The van der Waals surface area contributed by atoms with Gasteiger partial charge in [-0.2, -0.15) is 0 Å². The molecule has 0 rings (SSSR count). The molecule has 69 heavy (non-hydrogen) atoms. The third kappa shape index (κ3) is 58.6. The summed E-state index contributed by atoms with van der Waals surface area (Å²) in [5.74, 6) is -0.571. The maximum absolute atomic E-state index is 12.3. The largest absolute Gasteiger partial charge is 0.462 e. The Kier molecular flexibility index (Phi) is 58.8. The minimum Gasteiger partial charge on any atom is -0.462 e. The Hall–Kier alpha value is -1.88. The number of unbranched alkanes of at least 4 members (excludes halogenated alkanes) is 44. The molecular weight excluding hydrogens is 849 g/mol. The second kappa shape index (κ2) is 60.4. The lowest BCUT2D eigenvalue weighted by molar-refractivity contribution is -0.161. The molecule has 0 heterocycles. The maximum atomic E-state index is 12.3. The van der Waals surface area contributed by atoms with Crippen molar-refractivity contribution < 1.29 is 24.2 Å². The van der Waals surface area contributed by atoms with Crippen LogP contribution in [0.3, 0.4) is 0 Å². The predicted molar refractivity (Wildman–Crippen MR) is 302 cm³/mol. The molecule has 0 spiro atoms. The molecule has 1 unspecified atom stereocenters. The van der Waals surface area contributed by atoms with Crippen LogP contribution in [-0.4, -0.2) is 36.4 Å². The maximum Gasteiger partial charge on any atom is 0.306 e. The van der Waals surface area contributed by atoms with E-state index in [1.54, 1.807) is 0 Å². The van der Waals surface area contributed by atoms with Crippen LogP contribution in [0.4, 0.5) is 0 Å². The van der Waals surface area contributed by atoms with Gasteiger partial charge in [-0.25, -0.2) is 0 Å². The number of ether oxygens (including phenoxy) is 2. The van der Waals surface area contributed by atoms with E-state index < -0.39 is 6.10 Å². The molecule has 1 atom stereocenters. The standard InChI is InChI=1S/C64H120O5/c1-3-5-7-9-11-13-15-17-19-21-23-25-27-29-31-32-33-35-37-39-41-43-45-47-49-51-53-55-57-59-64(67)69-62(60-65)61-68-63(66)58-56-54-52-50-48-46-44-42-40-38-36-34-30-28-26-24-22-20-18-16-14-12-10-8-6-4-2/h15,17,21,23,27,29,62,65H,3-14,16,18-20,22,24-26,28,30-61H2,1-2H3/b17-15-,23-21-,29-27-. The molecule has 0 aliphatic carbocycles. The number of hydrogen-bond donors (Lipinski definition) is 1. The van der Waals surface area contributed by atoms with Crippen LogP contribution in [-0.2, 0) is 19.1 Å². The van der Waals surface area contributed by atoms with Crippen LogP contribution in [0, 0.1) is 0 Å². The van der Waals surface area contributed by atoms with Gasteiger partial charge in [-0.05, 0) is 51.4 Å². The van der Waals surface area contributed by atoms with E-state index in [4.69, 9.17) is 9.47 Å². The quantitative estimate of drug-likeness (QED) is 0.0373. The van der Waals surface area contributed by atoms with E-state index in [9.17, 15) is 14.7 Å². The van der Waals surface area contributed by atoms with E-state index in [1.165, 1.54) is 270 Å². The average Bonchev–Trinajstić information content (AvgIpc) is 3.35. The lowest BCUT2D eigenvalue weighted by Crippen LogP contribution is -2.28. The summed E-state index contributed by atoms with van der Waals surface area (Å²) >= 11 is 0. The first-order chi connectivity index (χ1) is 34.1. The molecule has 0 radical (unpaired) electrons. The minimum atomic E-state index is -0.770. The van der Waals surface area contributed by atoms with Crippen LogP contribution in [0.5, 0.6) is 0 Å². The number of aliphatic hydroxyl groups excluding tert-OH is 1. The molecule has 406 valence electrons. The Morgan fingerprint density at radius 3 is 0.870 bits per heavy atom. The molecular formula is C64H120O5. The Morgan fingerprint density at radius 1 is 0.333 bits per heavy atom. The third-order valence-corrected chi connectivity index (χ3v) is 14.2. The van der Waals surface area contributed by atoms with E-state index in [2.05, 4.69) is 50.3 Å². The van der Waals surface area contributed by atoms with Crippen molar-refractivity contribution >= 4 is 11.9 Å². The number of hydrogen-bond acceptors (Lipinski definition) is 5. The van der Waals surface area contributed by atoms with Crippen molar-refractivity contribution in [2.24, 2.45) is 0 Å². The van der Waals surface area contributed by atoms with E-state index in [0.29, 0.717) is 12.8 Å². The van der Waals surface area contributed by atoms with Crippen LogP contribution in [0.25, 0.3) is 0 Å². The van der Waals surface area contributed by atoms with Crippen molar-refractivity contribution in [3.05, 3.63) is 36.5 Å². The normalized spacial score (nSPS) is 12.3. The summed E-state index contributed by atoms with van der Waals surface area (Å²) in [7, 11) is 0. The lowest BCUT2D eigenvalue weighted by Gasteiger charge is -2.15. The smallest absolute Gasteiger partial charge is 0.306 e. The second-order valence-corrected chi connectivity index (χ2v) is 21.1. The highest BCUT2D eigenvalue weighted by atomic mass is 16.6. The number of allylic oxidation sites excluding steroid dienone is 6. The fourth-order valence-corrected chi connectivity index (χ4v) is 9.51. The van der Waals surface area contributed by atoms with Crippen molar-refractivity contribution in [3.63, 3.8) is 0 Å². The van der Waals surface area contributed by atoms with E-state index >= 15 is 0 Å². The first kappa shape index (κ1) is 67.1. The van der Waals surface area contributed by atoms with Crippen LogP contribution >= 0.6 is 0 Å². The van der Waals surface area contributed by atoms with Gasteiger partial charge >= 0.3 is 11.9 Å². The molecule has 0 aromatic carbocycles. The summed E-state index contributed by atoms with van der Waals surface area (Å²) in [5, 5.41) is 9.67. The molecule has 0 aromatic heterocycles. The summed E-state index contributed by atoms with van der Waals surface area (Å²) in [5.41, 5.74) is 0. The van der Waals surface area contributed by atoms with Gasteiger partial charge in [-0.3, -0.25) is 9.59 Å². The molecule has 0 saturated heterocycles. The molecule has 0 fully saturated rings. The molecule has 0 aliphatic heterocycles. The van der Waals surface area contributed by atoms with Crippen molar-refractivity contribution in [1.29, 1.82) is 0 Å². The highest BCUT2D eigenvalue weighted by Crippen LogP contribution is 2.18. The van der Waals surface area contributed by atoms with Gasteiger partial charge in [-0.1, -0.05) is 314 Å². The number of aliphatic hydroxyl groups is 1. The fourth-order valence-electron chi connectivity index (χ4n) is 9.51. The zero-order valence-electron chi connectivity index (χ0n) is 46.6. The molecule has 0 amide bonds. The third-order valence-electron chi connectivity index (χ3n) is 14.2. The predicted octanol–water partition coefficient (Wildman–Crippen LogP) is 21.0. The summed E-state index contributed by atoms with van der Waals surface area (Å²) in [6.07, 6.45) is 78.6. The number of carbonyl (C=O) groups excluding carboxylic acids is 2. The summed E-state index contributed by atoms with van der Waals surface area (Å²) in [4.78, 5) is 24.6. The fraction of sp³-hybridized carbons (Fsp3) is 0.875. The summed E-state index contributed by atoms with van der Waals surface area (Å²) < 4.78 is 10.7. The molecule has 5 nitrogen and oxygen atoms in total. The van der Waals surface area contributed by atoms with Crippen LogP contribution < -0.4 is 0 Å². The molecule has 0 saturated carbocycles. The molecule has 0 aliphatic rings. The van der Waals surface area contributed by atoms with Gasteiger partial charge in [0.1, 0.15) is 6.61 Å².